The molecule has 0 spiro atoms. The van der Waals surface area contributed by atoms with Gasteiger partial charge in [-0.05, 0) is 18.6 Å². The van der Waals surface area contributed by atoms with Crippen LogP contribution >= 0.6 is 0 Å². The third-order valence-electron chi connectivity index (χ3n) is 2.81. The lowest BCUT2D eigenvalue weighted by Crippen LogP contribution is -2.01. The molecule has 19 heavy (non-hydrogen) atoms. The van der Waals surface area contributed by atoms with Crippen LogP contribution in [0.1, 0.15) is 11.1 Å². The number of aryl methyl sites for hydroxylation is 1. The maximum Gasteiger partial charge on any atom is 0.273 e. The van der Waals surface area contributed by atoms with Gasteiger partial charge in [-0.3, -0.25) is 10.1 Å². The Kier molecular flexibility index (Phi) is 4.13. The zero-order valence-electron chi connectivity index (χ0n) is 10.7. The minimum Gasteiger partial charge on any atom is -0.493 e. The maximum atomic E-state index is 10.6. The van der Waals surface area contributed by atoms with E-state index in [0.29, 0.717) is 12.4 Å². The van der Waals surface area contributed by atoms with E-state index in [9.17, 15) is 10.1 Å². The van der Waals surface area contributed by atoms with Crippen LogP contribution < -0.4 is 4.74 Å². The Labute approximate surface area is 111 Å². The largest absolute Gasteiger partial charge is 0.493 e. The quantitative estimate of drug-likeness (QED) is 0.608. The molecule has 0 aliphatic heterocycles. The van der Waals surface area contributed by atoms with Gasteiger partial charge in [-0.25, -0.2) is 0 Å². The number of hydrogen-bond donors (Lipinski definition) is 0. The molecule has 2 rings (SSSR count). The highest BCUT2D eigenvalue weighted by atomic mass is 16.6. The summed E-state index contributed by atoms with van der Waals surface area (Å²) in [5.74, 6) is 0.529. The summed E-state index contributed by atoms with van der Waals surface area (Å²) in [6.07, 6.45) is 0.781. The van der Waals surface area contributed by atoms with Gasteiger partial charge in [-0.2, -0.15) is 0 Å². The van der Waals surface area contributed by atoms with Gasteiger partial charge in [0.15, 0.2) is 0 Å². The lowest BCUT2D eigenvalue weighted by molar-refractivity contribution is -0.384. The van der Waals surface area contributed by atoms with Gasteiger partial charge < -0.3 is 4.74 Å². The van der Waals surface area contributed by atoms with Crippen LogP contribution in [0, 0.1) is 17.0 Å². The number of nitro groups is 1. The summed E-state index contributed by atoms with van der Waals surface area (Å²) >= 11 is 0. The summed E-state index contributed by atoms with van der Waals surface area (Å²) in [4.78, 5) is 10.2. The Morgan fingerprint density at radius 2 is 1.89 bits per heavy atom. The van der Waals surface area contributed by atoms with E-state index >= 15 is 0 Å². The van der Waals surface area contributed by atoms with E-state index in [4.69, 9.17) is 4.74 Å². The predicted octanol–water partition coefficient (Wildman–Crippen LogP) is 3.52. The first-order valence-corrected chi connectivity index (χ1v) is 6.08. The molecule has 0 fully saturated rings. The molecule has 0 aliphatic rings. The zero-order valence-corrected chi connectivity index (χ0v) is 10.7. The second kappa shape index (κ2) is 6.00. The Hall–Kier alpha value is -2.36. The average molecular weight is 257 g/mol. The van der Waals surface area contributed by atoms with Crippen molar-refractivity contribution in [2.24, 2.45) is 0 Å². The molecule has 2 aromatic rings. The van der Waals surface area contributed by atoms with Crippen molar-refractivity contribution in [3.05, 3.63) is 69.8 Å². The van der Waals surface area contributed by atoms with Gasteiger partial charge >= 0.3 is 0 Å². The van der Waals surface area contributed by atoms with Gasteiger partial charge in [-0.1, -0.05) is 35.9 Å². The number of rotatable bonds is 5. The fourth-order valence-electron chi connectivity index (χ4n) is 1.73. The third-order valence-corrected chi connectivity index (χ3v) is 2.81. The van der Waals surface area contributed by atoms with Gasteiger partial charge in [0.05, 0.1) is 17.6 Å². The van der Waals surface area contributed by atoms with Crippen molar-refractivity contribution in [1.82, 2.24) is 0 Å². The normalized spacial score (nSPS) is 10.2. The van der Waals surface area contributed by atoms with Crippen molar-refractivity contribution < 1.29 is 9.66 Å². The van der Waals surface area contributed by atoms with Crippen molar-refractivity contribution >= 4 is 5.69 Å². The molecule has 0 N–H and O–H groups in total. The summed E-state index contributed by atoms with van der Waals surface area (Å²) < 4.78 is 5.53. The average Bonchev–Trinajstić information content (AvgIpc) is 2.41. The molecule has 0 heterocycles. The van der Waals surface area contributed by atoms with E-state index in [2.05, 4.69) is 24.3 Å². The second-order valence-corrected chi connectivity index (χ2v) is 4.34. The number of non-ortho nitro benzene ring substituents is 1. The number of hydrogen-bond acceptors (Lipinski definition) is 3. The summed E-state index contributed by atoms with van der Waals surface area (Å²) in [7, 11) is 0. The van der Waals surface area contributed by atoms with E-state index in [1.807, 2.05) is 6.92 Å². The summed E-state index contributed by atoms with van der Waals surface area (Å²) in [5.41, 5.74) is 2.47. The molecule has 4 nitrogen and oxygen atoms in total. The monoisotopic (exact) mass is 257 g/mol. The van der Waals surface area contributed by atoms with Crippen LogP contribution in [-0.4, -0.2) is 11.5 Å². The highest BCUT2D eigenvalue weighted by molar-refractivity contribution is 5.38. The van der Waals surface area contributed by atoms with Gasteiger partial charge in [-0.15, -0.1) is 0 Å². The van der Waals surface area contributed by atoms with Crippen LogP contribution in [-0.2, 0) is 6.42 Å². The lowest BCUT2D eigenvalue weighted by atomic mass is 10.1. The molecule has 98 valence electrons. The Morgan fingerprint density at radius 1 is 1.16 bits per heavy atom. The van der Waals surface area contributed by atoms with Crippen LogP contribution in [0.5, 0.6) is 5.75 Å². The number of benzene rings is 2. The molecule has 4 heteroatoms. The minimum absolute atomic E-state index is 0.0489. The topological polar surface area (TPSA) is 52.4 Å². The van der Waals surface area contributed by atoms with Gasteiger partial charge in [0, 0.05) is 12.5 Å². The van der Waals surface area contributed by atoms with Crippen molar-refractivity contribution in [2.45, 2.75) is 13.3 Å². The molecule has 0 radical (unpaired) electrons. The van der Waals surface area contributed by atoms with Crippen molar-refractivity contribution in [3.63, 3.8) is 0 Å². The fraction of sp³-hybridized carbons (Fsp3) is 0.200. The summed E-state index contributed by atoms with van der Waals surface area (Å²) in [5, 5.41) is 10.6. The summed E-state index contributed by atoms with van der Waals surface area (Å²) in [6.45, 7) is 2.55. The number of nitrogens with zero attached hydrogens (tertiary/aromatic N) is 1. The van der Waals surface area contributed by atoms with E-state index in [0.717, 1.165) is 6.42 Å². The molecule has 0 saturated heterocycles. The first-order chi connectivity index (χ1) is 9.15. The van der Waals surface area contributed by atoms with Crippen LogP contribution in [0.3, 0.4) is 0 Å². The lowest BCUT2D eigenvalue weighted by Gasteiger charge is -2.06. The van der Waals surface area contributed by atoms with Crippen molar-refractivity contribution in [3.8, 4) is 5.75 Å². The second-order valence-electron chi connectivity index (χ2n) is 4.34. The van der Waals surface area contributed by atoms with Crippen LogP contribution in [0.15, 0.2) is 48.5 Å². The molecule has 0 bridgehead atoms. The standard InChI is InChI=1S/C15H15NO3/c1-12-5-7-13(8-6-12)9-10-19-15-4-2-3-14(11-15)16(17)18/h2-8,11H,9-10H2,1H3. The molecule has 2 aromatic carbocycles. The molecule has 0 atom stereocenters. The Balaban J connectivity index is 1.90. The van der Waals surface area contributed by atoms with Crippen LogP contribution in [0.25, 0.3) is 0 Å². The zero-order chi connectivity index (χ0) is 13.7. The van der Waals surface area contributed by atoms with Crippen LogP contribution in [0.2, 0.25) is 0 Å². The Bertz CT molecular complexity index is 564. The smallest absolute Gasteiger partial charge is 0.273 e. The van der Waals surface area contributed by atoms with E-state index in [1.54, 1.807) is 12.1 Å². The Morgan fingerprint density at radius 3 is 2.58 bits per heavy atom. The predicted molar refractivity (Wildman–Crippen MR) is 73.5 cm³/mol. The third kappa shape index (κ3) is 3.81. The number of ether oxygens (including phenoxy) is 1. The van der Waals surface area contributed by atoms with E-state index in [-0.39, 0.29) is 5.69 Å². The SMILES string of the molecule is Cc1ccc(CCOc2cccc([N+](=O)[O-])c2)cc1. The van der Waals surface area contributed by atoms with E-state index in [1.165, 1.54) is 23.3 Å². The molecule has 0 unspecified atom stereocenters. The molecule has 0 saturated carbocycles. The first-order valence-electron chi connectivity index (χ1n) is 6.08. The first kappa shape index (κ1) is 13.1. The van der Waals surface area contributed by atoms with Gasteiger partial charge in [0.25, 0.3) is 5.69 Å². The summed E-state index contributed by atoms with van der Waals surface area (Å²) in [6, 6.07) is 14.5. The van der Waals surface area contributed by atoms with Crippen LogP contribution in [0.4, 0.5) is 5.69 Å². The highest BCUT2D eigenvalue weighted by Gasteiger charge is 2.06. The molecule has 0 aliphatic carbocycles. The van der Waals surface area contributed by atoms with Gasteiger partial charge in [0.2, 0.25) is 0 Å². The van der Waals surface area contributed by atoms with Crippen molar-refractivity contribution in [1.29, 1.82) is 0 Å². The molecule has 0 aromatic heterocycles. The highest BCUT2D eigenvalue weighted by Crippen LogP contribution is 2.19. The van der Waals surface area contributed by atoms with E-state index < -0.39 is 4.92 Å². The fourth-order valence-corrected chi connectivity index (χ4v) is 1.73. The van der Waals surface area contributed by atoms with Crippen molar-refractivity contribution in [2.75, 3.05) is 6.61 Å². The molecular weight excluding hydrogens is 242 g/mol. The minimum atomic E-state index is -0.424. The maximum absolute atomic E-state index is 10.6. The molecular formula is C15H15NO3. The number of nitro benzene ring substituents is 1. The molecule has 0 amide bonds. The van der Waals surface area contributed by atoms with Gasteiger partial charge in [0.1, 0.15) is 5.75 Å².